The van der Waals surface area contributed by atoms with E-state index in [0.717, 1.165) is 17.0 Å². The molecule has 0 aliphatic rings. The Balaban J connectivity index is 2.50. The molecule has 112 valence electrons. The van der Waals surface area contributed by atoms with Gasteiger partial charge >= 0.3 is 0 Å². The van der Waals surface area contributed by atoms with Crippen LogP contribution in [-0.2, 0) is 17.9 Å². The number of pyridine rings is 1. The van der Waals surface area contributed by atoms with Crippen molar-refractivity contribution < 1.29 is 14.6 Å². The van der Waals surface area contributed by atoms with E-state index in [1.54, 1.807) is 24.9 Å². The smallest absolute Gasteiger partial charge is 0.256 e. The van der Waals surface area contributed by atoms with E-state index in [4.69, 9.17) is 9.47 Å². The normalized spacial score (nSPS) is 10.6. The Bertz CT molecular complexity index is 646. The van der Waals surface area contributed by atoms with E-state index in [0.29, 0.717) is 18.7 Å². The van der Waals surface area contributed by atoms with Crippen LogP contribution in [0.25, 0.3) is 11.3 Å². The molecule has 0 saturated carbocycles. The molecule has 1 N–H and O–H groups in total. The van der Waals surface area contributed by atoms with Gasteiger partial charge in [0.1, 0.15) is 5.75 Å². The fourth-order valence-corrected chi connectivity index (χ4v) is 2.16. The minimum absolute atomic E-state index is 0.192. The van der Waals surface area contributed by atoms with Crippen molar-refractivity contribution in [1.82, 2.24) is 4.57 Å². The van der Waals surface area contributed by atoms with Gasteiger partial charge in [-0.3, -0.25) is 4.79 Å². The van der Waals surface area contributed by atoms with Gasteiger partial charge in [0.25, 0.3) is 5.56 Å². The molecule has 5 heteroatoms. The van der Waals surface area contributed by atoms with E-state index in [9.17, 15) is 9.90 Å². The molecule has 1 aromatic carbocycles. The highest BCUT2D eigenvalue weighted by atomic mass is 16.5. The minimum Gasteiger partial charge on any atom is -0.497 e. The van der Waals surface area contributed by atoms with E-state index >= 15 is 0 Å². The van der Waals surface area contributed by atoms with Crippen LogP contribution in [-0.4, -0.2) is 30.5 Å². The van der Waals surface area contributed by atoms with Gasteiger partial charge in [0.05, 0.1) is 26.0 Å². The molecule has 5 nitrogen and oxygen atoms in total. The van der Waals surface area contributed by atoms with Crippen LogP contribution < -0.4 is 10.3 Å². The summed E-state index contributed by atoms with van der Waals surface area (Å²) in [7, 11) is 3.20. The van der Waals surface area contributed by atoms with Gasteiger partial charge in [-0.15, -0.1) is 0 Å². The number of ether oxygens (including phenoxy) is 2. The quantitative estimate of drug-likeness (QED) is 0.878. The Morgan fingerprint density at radius 1 is 1.10 bits per heavy atom. The van der Waals surface area contributed by atoms with Crippen LogP contribution in [0.3, 0.4) is 0 Å². The maximum Gasteiger partial charge on any atom is 0.256 e. The van der Waals surface area contributed by atoms with Crippen molar-refractivity contribution in [3.63, 3.8) is 0 Å². The first-order valence-corrected chi connectivity index (χ1v) is 6.68. The van der Waals surface area contributed by atoms with Crippen molar-refractivity contribution in [2.24, 2.45) is 0 Å². The Hall–Kier alpha value is -2.11. The number of benzene rings is 1. The summed E-state index contributed by atoms with van der Waals surface area (Å²) in [5, 5.41) is 9.24. The Morgan fingerprint density at radius 3 is 2.38 bits per heavy atom. The number of hydrogen-bond donors (Lipinski definition) is 1. The van der Waals surface area contributed by atoms with Crippen molar-refractivity contribution in [3.8, 4) is 17.0 Å². The molecule has 2 aromatic rings. The topological polar surface area (TPSA) is 60.7 Å². The third kappa shape index (κ3) is 3.32. The molecule has 0 aliphatic heterocycles. The van der Waals surface area contributed by atoms with Crippen LogP contribution in [0.15, 0.2) is 41.2 Å². The van der Waals surface area contributed by atoms with Gasteiger partial charge < -0.3 is 19.1 Å². The molecule has 0 amide bonds. The second kappa shape index (κ2) is 7.06. The van der Waals surface area contributed by atoms with Crippen molar-refractivity contribution in [2.75, 3.05) is 20.8 Å². The first-order chi connectivity index (χ1) is 10.2. The lowest BCUT2D eigenvalue weighted by Crippen LogP contribution is -2.26. The SMILES string of the molecule is COCCn1c(-c2ccc(OC)cc2)ccc(CO)c1=O. The molecule has 0 unspecified atom stereocenters. The van der Waals surface area contributed by atoms with Crippen molar-refractivity contribution in [1.29, 1.82) is 0 Å². The molecule has 0 radical (unpaired) electrons. The number of nitrogens with zero attached hydrogens (tertiary/aromatic N) is 1. The van der Waals surface area contributed by atoms with Crippen LogP contribution in [0.1, 0.15) is 5.56 Å². The molecule has 0 aliphatic carbocycles. The molecule has 21 heavy (non-hydrogen) atoms. The molecule has 1 aromatic heterocycles. The fourth-order valence-electron chi connectivity index (χ4n) is 2.16. The monoisotopic (exact) mass is 289 g/mol. The van der Waals surface area contributed by atoms with Crippen molar-refractivity contribution in [2.45, 2.75) is 13.2 Å². The first kappa shape index (κ1) is 15.3. The van der Waals surface area contributed by atoms with Crippen LogP contribution in [0, 0.1) is 0 Å². The highest BCUT2D eigenvalue weighted by Gasteiger charge is 2.10. The van der Waals surface area contributed by atoms with Crippen LogP contribution >= 0.6 is 0 Å². The number of rotatable bonds is 6. The van der Waals surface area contributed by atoms with Gasteiger partial charge in [0, 0.05) is 19.2 Å². The summed E-state index contributed by atoms with van der Waals surface area (Å²) in [4.78, 5) is 12.3. The summed E-state index contributed by atoms with van der Waals surface area (Å²) in [5.74, 6) is 0.761. The van der Waals surface area contributed by atoms with Gasteiger partial charge in [-0.25, -0.2) is 0 Å². The summed E-state index contributed by atoms with van der Waals surface area (Å²) in [5.41, 5.74) is 1.89. The summed E-state index contributed by atoms with van der Waals surface area (Å²) in [6, 6.07) is 11.0. The number of aliphatic hydroxyl groups excluding tert-OH is 1. The highest BCUT2D eigenvalue weighted by molar-refractivity contribution is 5.61. The van der Waals surface area contributed by atoms with Gasteiger partial charge in [-0.05, 0) is 42.0 Å². The molecular formula is C16H19NO4. The van der Waals surface area contributed by atoms with E-state index < -0.39 is 0 Å². The van der Waals surface area contributed by atoms with Crippen LogP contribution in [0.4, 0.5) is 0 Å². The molecule has 2 rings (SSSR count). The molecule has 0 bridgehead atoms. The van der Waals surface area contributed by atoms with Gasteiger partial charge in [0.15, 0.2) is 0 Å². The van der Waals surface area contributed by atoms with Crippen molar-refractivity contribution >= 4 is 0 Å². The molecule has 0 saturated heterocycles. The zero-order valence-corrected chi connectivity index (χ0v) is 12.2. The maximum atomic E-state index is 12.3. The summed E-state index contributed by atoms with van der Waals surface area (Å²) in [6.07, 6.45) is 0. The number of hydrogen-bond acceptors (Lipinski definition) is 4. The first-order valence-electron chi connectivity index (χ1n) is 6.68. The Kier molecular flexibility index (Phi) is 5.14. The molecule has 0 fully saturated rings. The number of aliphatic hydroxyl groups is 1. The molecule has 0 spiro atoms. The zero-order valence-electron chi connectivity index (χ0n) is 12.2. The van der Waals surface area contributed by atoms with Gasteiger partial charge in [-0.2, -0.15) is 0 Å². The van der Waals surface area contributed by atoms with Gasteiger partial charge in [-0.1, -0.05) is 0 Å². The minimum atomic E-state index is -0.269. The average Bonchev–Trinajstić information content (AvgIpc) is 2.53. The second-order valence-electron chi connectivity index (χ2n) is 4.58. The highest BCUT2D eigenvalue weighted by Crippen LogP contribution is 2.21. The Morgan fingerprint density at radius 2 is 1.81 bits per heavy atom. The standard InChI is InChI=1S/C16H19NO4/c1-20-10-9-17-15(8-5-13(11-18)16(17)19)12-3-6-14(21-2)7-4-12/h3-8,18H,9-11H2,1-2H3. The molecule has 0 atom stereocenters. The fraction of sp³-hybridized carbons (Fsp3) is 0.312. The second-order valence-corrected chi connectivity index (χ2v) is 4.58. The van der Waals surface area contributed by atoms with Gasteiger partial charge in [0.2, 0.25) is 0 Å². The summed E-state index contributed by atoms with van der Waals surface area (Å²) in [6.45, 7) is 0.594. The molecule has 1 heterocycles. The lowest BCUT2D eigenvalue weighted by atomic mass is 10.1. The Labute approximate surface area is 123 Å². The largest absolute Gasteiger partial charge is 0.497 e. The number of aromatic nitrogens is 1. The lowest BCUT2D eigenvalue weighted by molar-refractivity contribution is 0.186. The third-order valence-electron chi connectivity index (χ3n) is 3.33. The van der Waals surface area contributed by atoms with Crippen LogP contribution in [0.2, 0.25) is 0 Å². The maximum absolute atomic E-state index is 12.3. The van der Waals surface area contributed by atoms with Crippen molar-refractivity contribution in [3.05, 3.63) is 52.3 Å². The summed E-state index contributed by atoms with van der Waals surface area (Å²) < 4.78 is 11.8. The lowest BCUT2D eigenvalue weighted by Gasteiger charge is -2.14. The third-order valence-corrected chi connectivity index (χ3v) is 3.33. The molecular weight excluding hydrogens is 270 g/mol. The zero-order chi connectivity index (χ0) is 15.2. The van der Waals surface area contributed by atoms with E-state index in [1.807, 2.05) is 30.3 Å². The number of methoxy groups -OCH3 is 2. The van der Waals surface area contributed by atoms with E-state index in [2.05, 4.69) is 0 Å². The summed E-state index contributed by atoms with van der Waals surface area (Å²) >= 11 is 0. The predicted octanol–water partition coefficient (Wildman–Crippen LogP) is 1.66. The van der Waals surface area contributed by atoms with E-state index in [-0.39, 0.29) is 12.2 Å². The van der Waals surface area contributed by atoms with Crippen LogP contribution in [0.5, 0.6) is 5.75 Å². The van der Waals surface area contributed by atoms with E-state index in [1.165, 1.54) is 0 Å². The average molecular weight is 289 g/mol. The predicted molar refractivity (Wildman–Crippen MR) is 80.5 cm³/mol.